The predicted octanol–water partition coefficient (Wildman–Crippen LogP) is 4.87. The molecule has 6 rings (SSSR count). The molecule has 202 valence electrons. The summed E-state index contributed by atoms with van der Waals surface area (Å²) in [5.41, 5.74) is 3.05. The van der Waals surface area contributed by atoms with E-state index in [2.05, 4.69) is 0 Å². The van der Waals surface area contributed by atoms with Gasteiger partial charge in [0.2, 0.25) is 0 Å². The largest absolute Gasteiger partial charge is 0.366 e. The number of rotatable bonds is 5. The number of thioether (sulfide) groups is 1. The zero-order valence-electron chi connectivity index (χ0n) is 21.8. The summed E-state index contributed by atoms with van der Waals surface area (Å²) < 4.78 is 16.4. The number of piperazine rings is 1. The van der Waals surface area contributed by atoms with Gasteiger partial charge in [-0.1, -0.05) is 72.5 Å². The van der Waals surface area contributed by atoms with Crippen LogP contribution in [0, 0.1) is 12.7 Å². The van der Waals surface area contributed by atoms with Crippen LogP contribution in [-0.2, 0) is 11.3 Å². The molecular weight excluding hydrogens is 545 g/mol. The Morgan fingerprint density at radius 2 is 1.65 bits per heavy atom. The van der Waals surface area contributed by atoms with Gasteiger partial charge in [0.05, 0.1) is 22.7 Å². The van der Waals surface area contributed by atoms with Gasteiger partial charge >= 0.3 is 0 Å². The van der Waals surface area contributed by atoms with Gasteiger partial charge < -0.3 is 9.80 Å². The molecule has 2 aromatic carbocycles. The van der Waals surface area contributed by atoms with E-state index in [4.69, 9.17) is 17.2 Å². The van der Waals surface area contributed by atoms with Crippen molar-refractivity contribution in [1.29, 1.82) is 0 Å². The summed E-state index contributed by atoms with van der Waals surface area (Å²) in [4.78, 5) is 38.1. The van der Waals surface area contributed by atoms with Crippen LogP contribution >= 0.6 is 24.0 Å². The van der Waals surface area contributed by atoms with Crippen LogP contribution in [0.5, 0.6) is 0 Å². The fourth-order valence-corrected chi connectivity index (χ4v) is 6.25. The molecule has 4 aromatic rings. The van der Waals surface area contributed by atoms with Crippen molar-refractivity contribution in [3.63, 3.8) is 0 Å². The SMILES string of the molecule is Cc1ccc2nc(N3CCN(c4ccccc4F)CC3)c(C=C3SC(=S)N(Cc4ccccc4)C3=O)c(=O)n2c1. The number of pyridine rings is 1. The van der Waals surface area contributed by atoms with Crippen molar-refractivity contribution in [2.45, 2.75) is 13.5 Å². The minimum atomic E-state index is -0.258. The summed E-state index contributed by atoms with van der Waals surface area (Å²) in [6, 6.07) is 20.1. The number of carbonyl (C=O) groups excluding carboxylic acids is 1. The van der Waals surface area contributed by atoms with Crippen molar-refractivity contribution in [3.8, 4) is 0 Å². The van der Waals surface area contributed by atoms with E-state index < -0.39 is 0 Å². The minimum Gasteiger partial charge on any atom is -0.366 e. The van der Waals surface area contributed by atoms with E-state index in [0.717, 1.165) is 11.1 Å². The van der Waals surface area contributed by atoms with Gasteiger partial charge in [0.25, 0.3) is 11.5 Å². The predicted molar refractivity (Wildman–Crippen MR) is 162 cm³/mol. The third-order valence-electron chi connectivity index (χ3n) is 7.09. The van der Waals surface area contributed by atoms with E-state index in [1.165, 1.54) is 22.2 Å². The fourth-order valence-electron chi connectivity index (χ4n) is 5.02. The summed E-state index contributed by atoms with van der Waals surface area (Å²) >= 11 is 6.74. The molecule has 0 unspecified atom stereocenters. The van der Waals surface area contributed by atoms with Gasteiger partial charge in [-0.2, -0.15) is 0 Å². The zero-order valence-corrected chi connectivity index (χ0v) is 23.4. The van der Waals surface area contributed by atoms with Crippen LogP contribution in [0.25, 0.3) is 11.7 Å². The molecule has 2 saturated heterocycles. The lowest BCUT2D eigenvalue weighted by Crippen LogP contribution is -2.47. The standard InChI is InChI=1S/C30H26FN5O2S2/c1-20-11-12-26-32-27(34-15-13-33(14-16-34)24-10-6-5-9-23(24)31)22(28(37)35(26)18-20)17-25-29(38)36(30(39)40-25)19-21-7-3-2-4-8-21/h2-12,17-18H,13-16,19H2,1H3. The normalized spacial score (nSPS) is 16.9. The molecule has 40 heavy (non-hydrogen) atoms. The number of hydrogen-bond acceptors (Lipinski definition) is 7. The molecule has 4 heterocycles. The second-order valence-corrected chi connectivity index (χ2v) is 11.4. The number of benzene rings is 2. The Balaban J connectivity index is 1.36. The molecule has 1 amide bonds. The van der Waals surface area contributed by atoms with Crippen LogP contribution in [0.15, 0.2) is 82.6 Å². The van der Waals surface area contributed by atoms with E-state index in [1.54, 1.807) is 29.3 Å². The molecule has 0 spiro atoms. The number of carbonyl (C=O) groups is 1. The molecule has 10 heteroatoms. The highest BCUT2D eigenvalue weighted by atomic mass is 32.2. The second-order valence-electron chi connectivity index (χ2n) is 9.77. The van der Waals surface area contributed by atoms with Crippen LogP contribution in [0.3, 0.4) is 0 Å². The molecule has 0 radical (unpaired) electrons. The lowest BCUT2D eigenvalue weighted by atomic mass is 10.2. The molecule has 2 fully saturated rings. The number of hydrogen-bond donors (Lipinski definition) is 0. The van der Waals surface area contributed by atoms with Crippen molar-refractivity contribution in [2.75, 3.05) is 36.0 Å². The highest BCUT2D eigenvalue weighted by molar-refractivity contribution is 8.26. The van der Waals surface area contributed by atoms with Gasteiger partial charge in [-0.3, -0.25) is 18.9 Å². The zero-order chi connectivity index (χ0) is 27.8. The number of aromatic nitrogens is 2. The lowest BCUT2D eigenvalue weighted by Gasteiger charge is -2.37. The Kier molecular flexibility index (Phi) is 7.12. The van der Waals surface area contributed by atoms with Gasteiger partial charge in [-0.25, -0.2) is 9.37 Å². The molecule has 0 aliphatic carbocycles. The maximum atomic E-state index is 14.4. The quantitative estimate of drug-likeness (QED) is 0.250. The Morgan fingerprint density at radius 1 is 0.950 bits per heavy atom. The Labute approximate surface area is 240 Å². The summed E-state index contributed by atoms with van der Waals surface area (Å²) in [5.74, 6) is 0.0184. The summed E-state index contributed by atoms with van der Waals surface area (Å²) in [5, 5.41) is 0. The minimum absolute atomic E-state index is 0.233. The van der Waals surface area contributed by atoms with E-state index in [-0.39, 0.29) is 17.3 Å². The van der Waals surface area contributed by atoms with Crippen LogP contribution in [0.4, 0.5) is 15.9 Å². The van der Waals surface area contributed by atoms with Crippen LogP contribution in [0.2, 0.25) is 0 Å². The monoisotopic (exact) mass is 571 g/mol. The van der Waals surface area contributed by atoms with Crippen molar-refractivity contribution < 1.29 is 9.18 Å². The number of para-hydroxylation sites is 1. The number of aryl methyl sites for hydroxylation is 1. The molecule has 0 saturated carbocycles. The highest BCUT2D eigenvalue weighted by Gasteiger charge is 2.33. The fraction of sp³-hybridized carbons (Fsp3) is 0.200. The average molecular weight is 572 g/mol. The Morgan fingerprint density at radius 3 is 2.40 bits per heavy atom. The lowest BCUT2D eigenvalue weighted by molar-refractivity contribution is -0.122. The second kappa shape index (κ2) is 10.9. The number of amides is 1. The molecular formula is C30H26FN5O2S2. The first-order chi connectivity index (χ1) is 19.4. The van der Waals surface area contributed by atoms with Gasteiger partial charge in [0, 0.05) is 32.4 Å². The van der Waals surface area contributed by atoms with Crippen LogP contribution in [-0.4, -0.2) is 50.7 Å². The van der Waals surface area contributed by atoms with Crippen molar-refractivity contribution in [2.24, 2.45) is 0 Å². The first-order valence-electron chi connectivity index (χ1n) is 13.0. The third-order valence-corrected chi connectivity index (χ3v) is 8.47. The first kappa shape index (κ1) is 26.2. The molecule has 0 bridgehead atoms. The van der Waals surface area contributed by atoms with Gasteiger partial charge in [0.15, 0.2) is 0 Å². The molecule has 0 N–H and O–H groups in total. The number of nitrogens with zero attached hydrogens (tertiary/aromatic N) is 5. The molecule has 2 aliphatic rings. The molecule has 0 atom stereocenters. The van der Waals surface area contributed by atoms with Gasteiger partial charge in [-0.15, -0.1) is 0 Å². The van der Waals surface area contributed by atoms with Crippen molar-refractivity contribution in [3.05, 3.63) is 111 Å². The topological polar surface area (TPSA) is 61.2 Å². The molecule has 2 aliphatic heterocycles. The summed E-state index contributed by atoms with van der Waals surface area (Å²) in [6.07, 6.45) is 3.38. The van der Waals surface area contributed by atoms with E-state index in [1.807, 2.05) is 65.3 Å². The Bertz CT molecular complexity index is 1710. The molecule has 2 aromatic heterocycles. The number of anilines is 2. The number of fused-ring (bicyclic) bond motifs is 1. The smallest absolute Gasteiger partial charge is 0.267 e. The van der Waals surface area contributed by atoms with Crippen LogP contribution in [0.1, 0.15) is 16.7 Å². The number of halogens is 1. The summed E-state index contributed by atoms with van der Waals surface area (Å²) in [6.45, 7) is 4.48. The van der Waals surface area contributed by atoms with Gasteiger partial charge in [0.1, 0.15) is 21.6 Å². The number of thiocarbonyl (C=S) groups is 1. The van der Waals surface area contributed by atoms with Crippen molar-refractivity contribution >= 4 is 57.4 Å². The summed E-state index contributed by atoms with van der Waals surface area (Å²) in [7, 11) is 0. The van der Waals surface area contributed by atoms with E-state index >= 15 is 0 Å². The maximum Gasteiger partial charge on any atom is 0.267 e. The van der Waals surface area contributed by atoms with E-state index in [0.29, 0.717) is 64.7 Å². The molecule has 7 nitrogen and oxygen atoms in total. The average Bonchev–Trinajstić information content (AvgIpc) is 3.23. The maximum absolute atomic E-state index is 14.4. The Hall–Kier alpha value is -4.02. The third kappa shape index (κ3) is 5.00. The van der Waals surface area contributed by atoms with Crippen molar-refractivity contribution in [1.82, 2.24) is 14.3 Å². The van der Waals surface area contributed by atoms with Gasteiger partial charge in [-0.05, 0) is 42.3 Å². The first-order valence-corrected chi connectivity index (χ1v) is 14.2. The highest BCUT2D eigenvalue weighted by Crippen LogP contribution is 2.35. The van der Waals surface area contributed by atoms with E-state index in [9.17, 15) is 14.0 Å². The van der Waals surface area contributed by atoms with Crippen LogP contribution < -0.4 is 15.4 Å².